The molecule has 27 heavy (non-hydrogen) atoms. The zero-order chi connectivity index (χ0) is 19.0. The number of rotatable bonds is 5. The zero-order valence-corrected chi connectivity index (χ0v) is 15.8. The van der Waals surface area contributed by atoms with Crippen molar-refractivity contribution in [3.05, 3.63) is 58.0 Å². The van der Waals surface area contributed by atoms with Crippen molar-refractivity contribution in [1.82, 2.24) is 9.91 Å². The molecule has 7 heteroatoms. The Labute approximate surface area is 161 Å². The second-order valence-corrected chi connectivity index (χ2v) is 7.92. The molecule has 0 bridgehead atoms. The number of hydrogen-bond donors (Lipinski definition) is 0. The van der Waals surface area contributed by atoms with Crippen LogP contribution in [0.1, 0.15) is 35.7 Å². The van der Waals surface area contributed by atoms with Crippen LogP contribution < -0.4 is 0 Å². The van der Waals surface area contributed by atoms with Crippen molar-refractivity contribution in [3.8, 4) is 0 Å². The summed E-state index contributed by atoms with van der Waals surface area (Å²) in [5.41, 5.74) is 1.21. The highest BCUT2D eigenvalue weighted by Gasteiger charge is 2.37. The number of thiophene rings is 1. The Morgan fingerprint density at radius 3 is 2.70 bits per heavy atom. The number of hydrazone groups is 1. The maximum absolute atomic E-state index is 14.4. The molecule has 0 saturated heterocycles. The van der Waals surface area contributed by atoms with E-state index in [0.717, 1.165) is 23.4 Å². The summed E-state index contributed by atoms with van der Waals surface area (Å²) in [5.74, 6) is -0.613. The molecular weight excluding hydrogens is 365 g/mol. The summed E-state index contributed by atoms with van der Waals surface area (Å²) in [6, 6.07) is 9.83. The highest BCUT2D eigenvalue weighted by atomic mass is 32.1. The van der Waals surface area contributed by atoms with Gasteiger partial charge in [0.25, 0.3) is 5.91 Å². The van der Waals surface area contributed by atoms with Gasteiger partial charge in [-0.3, -0.25) is 9.59 Å². The van der Waals surface area contributed by atoms with Gasteiger partial charge < -0.3 is 4.90 Å². The Hall–Kier alpha value is -2.54. The van der Waals surface area contributed by atoms with Crippen LogP contribution in [0, 0.1) is 11.7 Å². The summed E-state index contributed by atoms with van der Waals surface area (Å²) in [6.45, 7) is -0.0541. The zero-order valence-electron chi connectivity index (χ0n) is 15.0. The van der Waals surface area contributed by atoms with E-state index in [4.69, 9.17) is 0 Å². The maximum Gasteiger partial charge on any atom is 0.262 e. The number of benzene rings is 1. The largest absolute Gasteiger partial charge is 0.336 e. The Balaban J connectivity index is 1.59. The van der Waals surface area contributed by atoms with Gasteiger partial charge in [0.05, 0.1) is 16.6 Å². The fourth-order valence-electron chi connectivity index (χ4n) is 3.31. The van der Waals surface area contributed by atoms with Gasteiger partial charge in [0.1, 0.15) is 12.4 Å². The highest BCUT2D eigenvalue weighted by molar-refractivity contribution is 7.12. The smallest absolute Gasteiger partial charge is 0.262 e. The lowest BCUT2D eigenvalue weighted by Crippen LogP contribution is -2.39. The van der Waals surface area contributed by atoms with Crippen LogP contribution in [0.4, 0.5) is 4.39 Å². The van der Waals surface area contributed by atoms with Crippen LogP contribution in [-0.4, -0.2) is 41.0 Å². The van der Waals surface area contributed by atoms with Gasteiger partial charge in [0, 0.05) is 24.9 Å². The van der Waals surface area contributed by atoms with E-state index in [2.05, 4.69) is 5.10 Å². The quantitative estimate of drug-likeness (QED) is 0.792. The summed E-state index contributed by atoms with van der Waals surface area (Å²) >= 11 is 1.54. The lowest BCUT2D eigenvalue weighted by molar-refractivity contribution is -0.141. The summed E-state index contributed by atoms with van der Waals surface area (Å²) < 4.78 is 14.4. The minimum Gasteiger partial charge on any atom is -0.336 e. The van der Waals surface area contributed by atoms with E-state index in [1.54, 1.807) is 25.2 Å². The van der Waals surface area contributed by atoms with Crippen LogP contribution >= 0.6 is 11.3 Å². The molecule has 2 heterocycles. The van der Waals surface area contributed by atoms with Crippen LogP contribution in [0.5, 0.6) is 0 Å². The fourth-order valence-corrected chi connectivity index (χ4v) is 4.04. The molecule has 2 aromatic rings. The summed E-state index contributed by atoms with van der Waals surface area (Å²) in [4.78, 5) is 27.5. The summed E-state index contributed by atoms with van der Waals surface area (Å²) in [5, 5.41) is 7.81. The van der Waals surface area contributed by atoms with Gasteiger partial charge in [0.2, 0.25) is 5.91 Å². The van der Waals surface area contributed by atoms with Gasteiger partial charge in [-0.1, -0.05) is 24.3 Å². The number of amides is 2. The van der Waals surface area contributed by atoms with E-state index in [1.807, 2.05) is 17.5 Å². The molecule has 1 atom stereocenters. The predicted molar refractivity (Wildman–Crippen MR) is 102 cm³/mol. The average Bonchev–Trinajstić information content (AvgIpc) is 3.18. The molecular formula is C20H20FN3O2S. The van der Waals surface area contributed by atoms with Crippen molar-refractivity contribution in [2.24, 2.45) is 11.0 Å². The summed E-state index contributed by atoms with van der Waals surface area (Å²) in [7, 11) is 1.64. The van der Waals surface area contributed by atoms with Crippen LogP contribution in [-0.2, 0) is 9.59 Å². The van der Waals surface area contributed by atoms with E-state index >= 15 is 0 Å². The molecule has 0 radical (unpaired) electrons. The minimum atomic E-state index is -0.500. The van der Waals surface area contributed by atoms with E-state index in [-0.39, 0.29) is 30.1 Å². The maximum atomic E-state index is 14.4. The molecule has 2 amide bonds. The standard InChI is InChI=1S/C20H20FN3O2S/c1-23(20(26)13-8-9-13)12-19(25)24-17(14-5-2-3-6-15(14)21)11-16(22-24)18-7-4-10-27-18/h2-7,10,13,17H,8-9,11-12H2,1H3/t17-/m1/s1. The monoisotopic (exact) mass is 385 g/mol. The Kier molecular flexibility index (Phi) is 4.78. The topological polar surface area (TPSA) is 53.0 Å². The lowest BCUT2D eigenvalue weighted by Gasteiger charge is -2.25. The molecule has 0 spiro atoms. The van der Waals surface area contributed by atoms with E-state index in [1.165, 1.54) is 27.3 Å². The molecule has 0 unspecified atom stereocenters. The first-order chi connectivity index (χ1) is 13.0. The normalized spacial score (nSPS) is 19.1. The third kappa shape index (κ3) is 3.64. The van der Waals surface area contributed by atoms with Crippen molar-refractivity contribution in [2.45, 2.75) is 25.3 Å². The van der Waals surface area contributed by atoms with Gasteiger partial charge in [-0.25, -0.2) is 9.40 Å². The van der Waals surface area contributed by atoms with E-state index in [0.29, 0.717) is 12.0 Å². The number of carbonyl (C=O) groups is 2. The predicted octanol–water partition coefficient (Wildman–Crippen LogP) is 3.43. The van der Waals surface area contributed by atoms with Crippen molar-refractivity contribution in [3.63, 3.8) is 0 Å². The number of likely N-dealkylation sites (N-methyl/N-ethyl adjacent to an activating group) is 1. The molecule has 1 aliphatic heterocycles. The minimum absolute atomic E-state index is 0.00699. The van der Waals surface area contributed by atoms with Crippen molar-refractivity contribution in [2.75, 3.05) is 13.6 Å². The first kappa shape index (κ1) is 17.9. The molecule has 1 saturated carbocycles. The van der Waals surface area contributed by atoms with E-state index in [9.17, 15) is 14.0 Å². The van der Waals surface area contributed by atoms with Crippen molar-refractivity contribution >= 4 is 28.9 Å². The summed E-state index contributed by atoms with van der Waals surface area (Å²) in [6.07, 6.45) is 2.23. The number of carbonyl (C=O) groups excluding carboxylic acids is 2. The molecule has 0 N–H and O–H groups in total. The number of nitrogens with zero attached hydrogens (tertiary/aromatic N) is 3. The van der Waals surface area contributed by atoms with Crippen LogP contribution in [0.15, 0.2) is 46.9 Å². The molecule has 2 aliphatic rings. The fraction of sp³-hybridized carbons (Fsp3) is 0.350. The van der Waals surface area contributed by atoms with Gasteiger partial charge in [-0.2, -0.15) is 5.10 Å². The first-order valence-corrected chi connectivity index (χ1v) is 9.85. The molecule has 5 nitrogen and oxygen atoms in total. The second kappa shape index (κ2) is 7.23. The Bertz CT molecular complexity index is 892. The molecule has 140 valence electrons. The Morgan fingerprint density at radius 2 is 2.04 bits per heavy atom. The molecule has 1 fully saturated rings. The van der Waals surface area contributed by atoms with Gasteiger partial charge in [-0.15, -0.1) is 11.3 Å². The molecule has 1 aromatic carbocycles. The van der Waals surface area contributed by atoms with E-state index < -0.39 is 6.04 Å². The van der Waals surface area contributed by atoms with Crippen LogP contribution in [0.2, 0.25) is 0 Å². The Morgan fingerprint density at radius 1 is 1.26 bits per heavy atom. The third-order valence-corrected chi connectivity index (χ3v) is 5.83. The highest BCUT2D eigenvalue weighted by Crippen LogP contribution is 2.35. The number of hydrogen-bond acceptors (Lipinski definition) is 4. The van der Waals surface area contributed by atoms with Crippen molar-refractivity contribution < 1.29 is 14.0 Å². The SMILES string of the molecule is CN(CC(=O)N1N=C(c2cccs2)C[C@@H]1c1ccccc1F)C(=O)C1CC1. The molecule has 1 aliphatic carbocycles. The van der Waals surface area contributed by atoms with Crippen molar-refractivity contribution in [1.29, 1.82) is 0 Å². The third-order valence-electron chi connectivity index (χ3n) is 4.91. The lowest BCUT2D eigenvalue weighted by atomic mass is 10.0. The molecule has 4 rings (SSSR count). The average molecular weight is 385 g/mol. The van der Waals surface area contributed by atoms with Gasteiger partial charge in [0.15, 0.2) is 0 Å². The van der Waals surface area contributed by atoms with Gasteiger partial charge in [-0.05, 0) is 30.4 Å². The second-order valence-electron chi connectivity index (χ2n) is 6.97. The first-order valence-electron chi connectivity index (χ1n) is 8.97. The van der Waals surface area contributed by atoms with Crippen LogP contribution in [0.3, 0.4) is 0 Å². The number of halogens is 1. The van der Waals surface area contributed by atoms with Crippen LogP contribution in [0.25, 0.3) is 0 Å². The van der Waals surface area contributed by atoms with Gasteiger partial charge >= 0.3 is 0 Å². The molecule has 1 aromatic heterocycles.